The van der Waals surface area contributed by atoms with Gasteiger partial charge in [0, 0.05) is 36.3 Å². The molecule has 0 fully saturated rings. The SMILES string of the molecule is C[C@H]1Cc2ccccc2N1C(=O)CCCn1nc(-c2ccc(F)cc2)ccc1=O. The zero-order chi connectivity index (χ0) is 20.4. The van der Waals surface area contributed by atoms with E-state index in [0.29, 0.717) is 25.1 Å². The number of benzene rings is 2. The summed E-state index contributed by atoms with van der Waals surface area (Å²) in [5.41, 5.74) is 3.29. The summed E-state index contributed by atoms with van der Waals surface area (Å²) >= 11 is 0. The van der Waals surface area contributed by atoms with Crippen LogP contribution in [0.4, 0.5) is 10.1 Å². The maximum absolute atomic E-state index is 13.1. The number of hydrogen-bond acceptors (Lipinski definition) is 3. The molecule has 0 unspecified atom stereocenters. The van der Waals surface area contributed by atoms with E-state index in [0.717, 1.165) is 17.7 Å². The number of para-hydroxylation sites is 1. The number of nitrogens with zero attached hydrogens (tertiary/aromatic N) is 3. The van der Waals surface area contributed by atoms with E-state index in [2.05, 4.69) is 18.1 Å². The van der Waals surface area contributed by atoms with Gasteiger partial charge in [-0.15, -0.1) is 0 Å². The zero-order valence-corrected chi connectivity index (χ0v) is 16.2. The molecule has 6 heteroatoms. The number of halogens is 1. The summed E-state index contributed by atoms with van der Waals surface area (Å²) in [7, 11) is 0. The van der Waals surface area contributed by atoms with Crippen molar-refractivity contribution in [3.05, 3.63) is 82.4 Å². The molecule has 2 heterocycles. The van der Waals surface area contributed by atoms with Crippen LogP contribution < -0.4 is 10.5 Å². The third-order valence-corrected chi connectivity index (χ3v) is 5.24. The second-order valence-electron chi connectivity index (χ2n) is 7.34. The van der Waals surface area contributed by atoms with E-state index in [1.54, 1.807) is 18.2 Å². The van der Waals surface area contributed by atoms with Gasteiger partial charge in [-0.3, -0.25) is 9.59 Å². The first-order valence-corrected chi connectivity index (χ1v) is 9.77. The predicted molar refractivity (Wildman–Crippen MR) is 110 cm³/mol. The van der Waals surface area contributed by atoms with Crippen LogP contribution in [-0.4, -0.2) is 21.7 Å². The molecule has 5 nitrogen and oxygen atoms in total. The van der Waals surface area contributed by atoms with Crippen molar-refractivity contribution in [3.63, 3.8) is 0 Å². The number of aromatic nitrogens is 2. The van der Waals surface area contributed by atoms with Crippen LogP contribution in [0.25, 0.3) is 11.3 Å². The average molecular weight is 391 g/mol. The lowest BCUT2D eigenvalue weighted by Gasteiger charge is -2.22. The van der Waals surface area contributed by atoms with Crippen LogP contribution in [0, 0.1) is 5.82 Å². The highest BCUT2D eigenvalue weighted by Crippen LogP contribution is 2.32. The molecule has 29 heavy (non-hydrogen) atoms. The molecule has 0 N–H and O–H groups in total. The summed E-state index contributed by atoms with van der Waals surface area (Å²) in [4.78, 5) is 26.8. The number of rotatable bonds is 5. The second kappa shape index (κ2) is 7.99. The lowest BCUT2D eigenvalue weighted by molar-refractivity contribution is -0.119. The summed E-state index contributed by atoms with van der Waals surface area (Å²) in [5.74, 6) is -0.261. The van der Waals surface area contributed by atoms with Gasteiger partial charge in [0.25, 0.3) is 5.56 Å². The predicted octanol–water partition coefficient (Wildman–Crippen LogP) is 3.81. The molecule has 4 rings (SSSR count). The van der Waals surface area contributed by atoms with E-state index in [-0.39, 0.29) is 23.3 Å². The molecule has 1 aliphatic rings. The number of amides is 1. The van der Waals surface area contributed by atoms with Gasteiger partial charge >= 0.3 is 0 Å². The van der Waals surface area contributed by atoms with Crippen LogP contribution in [0.15, 0.2) is 65.5 Å². The molecular formula is C23H22FN3O2. The number of anilines is 1. The van der Waals surface area contributed by atoms with Crippen LogP contribution in [0.5, 0.6) is 0 Å². The highest BCUT2D eigenvalue weighted by molar-refractivity contribution is 5.96. The Morgan fingerprint density at radius 2 is 1.86 bits per heavy atom. The molecule has 1 aliphatic heterocycles. The summed E-state index contributed by atoms with van der Waals surface area (Å²) in [5, 5.41) is 4.37. The Balaban J connectivity index is 1.43. The van der Waals surface area contributed by atoms with E-state index in [4.69, 9.17) is 0 Å². The van der Waals surface area contributed by atoms with Gasteiger partial charge in [-0.1, -0.05) is 18.2 Å². The van der Waals surface area contributed by atoms with Crippen LogP contribution in [-0.2, 0) is 17.8 Å². The first-order chi connectivity index (χ1) is 14.0. The maximum Gasteiger partial charge on any atom is 0.266 e. The quantitative estimate of drug-likeness (QED) is 0.665. The van der Waals surface area contributed by atoms with Crippen molar-refractivity contribution < 1.29 is 9.18 Å². The first kappa shape index (κ1) is 19.1. The summed E-state index contributed by atoms with van der Waals surface area (Å²) in [6.07, 6.45) is 1.72. The third kappa shape index (κ3) is 3.97. The van der Waals surface area contributed by atoms with Crippen molar-refractivity contribution in [1.82, 2.24) is 9.78 Å². The topological polar surface area (TPSA) is 55.2 Å². The van der Waals surface area contributed by atoms with Crippen molar-refractivity contribution in [1.29, 1.82) is 0 Å². The standard InChI is InChI=1S/C23H22FN3O2/c1-16-15-18-5-2-3-6-21(18)27(16)23(29)7-4-14-26-22(28)13-12-20(25-26)17-8-10-19(24)11-9-17/h2-3,5-6,8-13,16H,4,7,14-15H2,1H3/t16-/m0/s1. The Bertz CT molecular complexity index is 1090. The molecule has 3 aromatic rings. The lowest BCUT2D eigenvalue weighted by Crippen LogP contribution is -2.35. The van der Waals surface area contributed by atoms with Crippen LogP contribution in [0.2, 0.25) is 0 Å². The fourth-order valence-electron chi connectivity index (χ4n) is 3.83. The zero-order valence-electron chi connectivity index (χ0n) is 16.2. The van der Waals surface area contributed by atoms with E-state index < -0.39 is 0 Å². The molecule has 1 atom stereocenters. The Kier molecular flexibility index (Phi) is 5.25. The second-order valence-corrected chi connectivity index (χ2v) is 7.34. The van der Waals surface area contributed by atoms with Gasteiger partial charge in [-0.2, -0.15) is 5.10 Å². The van der Waals surface area contributed by atoms with E-state index >= 15 is 0 Å². The Morgan fingerprint density at radius 3 is 2.66 bits per heavy atom. The smallest absolute Gasteiger partial charge is 0.266 e. The molecule has 2 aromatic carbocycles. The Morgan fingerprint density at radius 1 is 1.10 bits per heavy atom. The molecular weight excluding hydrogens is 369 g/mol. The minimum atomic E-state index is -0.321. The van der Waals surface area contributed by atoms with E-state index in [9.17, 15) is 14.0 Å². The number of fused-ring (bicyclic) bond motifs is 1. The molecule has 0 bridgehead atoms. The summed E-state index contributed by atoms with van der Waals surface area (Å²) < 4.78 is 14.5. The molecule has 0 aliphatic carbocycles. The Hall–Kier alpha value is -3.28. The molecule has 0 radical (unpaired) electrons. The maximum atomic E-state index is 13.1. The monoisotopic (exact) mass is 391 g/mol. The fraction of sp³-hybridized carbons (Fsp3) is 0.261. The van der Waals surface area contributed by atoms with Crippen LogP contribution >= 0.6 is 0 Å². The lowest BCUT2D eigenvalue weighted by atomic mass is 10.1. The summed E-state index contributed by atoms with van der Waals surface area (Å²) in [6, 6.07) is 17.2. The highest BCUT2D eigenvalue weighted by Gasteiger charge is 2.29. The van der Waals surface area contributed by atoms with Gasteiger partial charge in [-0.25, -0.2) is 9.07 Å². The average Bonchev–Trinajstić information content (AvgIpc) is 3.05. The van der Waals surface area contributed by atoms with Crippen molar-refractivity contribution in [3.8, 4) is 11.3 Å². The van der Waals surface area contributed by atoms with Crippen LogP contribution in [0.1, 0.15) is 25.3 Å². The van der Waals surface area contributed by atoms with Crippen molar-refractivity contribution in [2.24, 2.45) is 0 Å². The highest BCUT2D eigenvalue weighted by atomic mass is 19.1. The molecule has 148 valence electrons. The first-order valence-electron chi connectivity index (χ1n) is 9.77. The van der Waals surface area contributed by atoms with Gasteiger partial charge in [0.1, 0.15) is 5.82 Å². The minimum Gasteiger partial charge on any atom is -0.309 e. The normalized spacial score (nSPS) is 15.4. The van der Waals surface area contributed by atoms with Gasteiger partial charge in [-0.05, 0) is 61.7 Å². The van der Waals surface area contributed by atoms with Crippen molar-refractivity contribution in [2.75, 3.05) is 4.90 Å². The fourth-order valence-corrected chi connectivity index (χ4v) is 3.83. The van der Waals surface area contributed by atoms with E-state index in [1.165, 1.54) is 28.4 Å². The van der Waals surface area contributed by atoms with Crippen molar-refractivity contribution in [2.45, 2.75) is 38.8 Å². The van der Waals surface area contributed by atoms with Gasteiger partial charge < -0.3 is 4.90 Å². The molecule has 0 saturated carbocycles. The number of carbonyl (C=O) groups excluding carboxylic acids is 1. The molecule has 1 amide bonds. The van der Waals surface area contributed by atoms with Crippen molar-refractivity contribution >= 4 is 11.6 Å². The third-order valence-electron chi connectivity index (χ3n) is 5.24. The largest absolute Gasteiger partial charge is 0.309 e. The minimum absolute atomic E-state index is 0.0604. The number of carbonyl (C=O) groups is 1. The summed E-state index contributed by atoms with van der Waals surface area (Å²) in [6.45, 7) is 2.40. The molecule has 1 aromatic heterocycles. The van der Waals surface area contributed by atoms with Gasteiger partial charge in [0.15, 0.2) is 0 Å². The molecule has 0 spiro atoms. The Labute approximate surface area is 168 Å². The van der Waals surface area contributed by atoms with Gasteiger partial charge in [0.05, 0.1) is 5.69 Å². The van der Waals surface area contributed by atoms with Gasteiger partial charge in [0.2, 0.25) is 5.91 Å². The molecule has 0 saturated heterocycles. The van der Waals surface area contributed by atoms with E-state index in [1.807, 2.05) is 23.1 Å². The number of aryl methyl sites for hydroxylation is 1. The number of hydrogen-bond donors (Lipinski definition) is 0. The van der Waals surface area contributed by atoms with Crippen LogP contribution in [0.3, 0.4) is 0 Å².